The predicted molar refractivity (Wildman–Crippen MR) is 88.6 cm³/mol. The first-order valence-electron chi connectivity index (χ1n) is 7.70. The van der Waals surface area contributed by atoms with Crippen molar-refractivity contribution in [1.82, 2.24) is 0 Å². The minimum atomic E-state index is -2.36. The zero-order valence-electron chi connectivity index (χ0n) is 15.3. The highest BCUT2D eigenvalue weighted by Gasteiger charge is 2.48. The van der Waals surface area contributed by atoms with Crippen LogP contribution in [0.3, 0.4) is 0 Å². The number of rotatable bonds is 4. The standard InChI is InChI=1S/C15H30N2O4Si/c1-10(2)22(11(3)4,12(5)6)21-14(19)17-16-13(18)20-15(7,8)9/h10-12H,1-9H3/b17-16+. The number of azo groups is 1. The molecule has 22 heavy (non-hydrogen) atoms. The van der Waals surface area contributed by atoms with Crippen molar-refractivity contribution in [3.63, 3.8) is 0 Å². The van der Waals surface area contributed by atoms with Gasteiger partial charge in [0.15, 0.2) is 0 Å². The lowest BCUT2D eigenvalue weighted by Gasteiger charge is -2.40. The average Bonchev–Trinajstić information content (AvgIpc) is 2.29. The Hall–Kier alpha value is -1.24. The highest BCUT2D eigenvalue weighted by atomic mass is 28.4. The second-order valence-corrected chi connectivity index (χ2v) is 12.7. The fourth-order valence-corrected chi connectivity index (χ4v) is 7.94. The zero-order chi connectivity index (χ0) is 17.7. The van der Waals surface area contributed by atoms with E-state index in [1.54, 1.807) is 20.8 Å². The number of hydrogen-bond donors (Lipinski definition) is 0. The van der Waals surface area contributed by atoms with Crippen molar-refractivity contribution in [2.45, 2.75) is 84.5 Å². The Morgan fingerprint density at radius 3 is 1.50 bits per heavy atom. The van der Waals surface area contributed by atoms with Gasteiger partial charge in [-0.3, -0.25) is 0 Å². The molecule has 0 spiro atoms. The maximum absolute atomic E-state index is 12.0. The molecule has 0 fully saturated rings. The van der Waals surface area contributed by atoms with Crippen molar-refractivity contribution in [1.29, 1.82) is 0 Å². The van der Waals surface area contributed by atoms with Crippen LogP contribution < -0.4 is 0 Å². The van der Waals surface area contributed by atoms with Crippen molar-refractivity contribution in [3.05, 3.63) is 0 Å². The van der Waals surface area contributed by atoms with Crippen LogP contribution in [0.1, 0.15) is 62.3 Å². The highest BCUT2D eigenvalue weighted by molar-refractivity contribution is 6.78. The summed E-state index contributed by atoms with van der Waals surface area (Å²) in [5.74, 6) is 0. The summed E-state index contributed by atoms with van der Waals surface area (Å²) in [5, 5.41) is 6.65. The molecular formula is C15H30N2O4Si. The van der Waals surface area contributed by atoms with Gasteiger partial charge in [0.2, 0.25) is 0 Å². The fraction of sp³-hybridized carbons (Fsp3) is 0.867. The van der Waals surface area contributed by atoms with E-state index in [-0.39, 0.29) is 16.6 Å². The van der Waals surface area contributed by atoms with Gasteiger partial charge in [-0.2, -0.15) is 0 Å². The van der Waals surface area contributed by atoms with Gasteiger partial charge in [-0.1, -0.05) is 51.8 Å². The largest absolute Gasteiger partial charge is 0.500 e. The second-order valence-electron chi connectivity index (χ2n) is 7.37. The maximum Gasteiger partial charge on any atom is 0.453 e. The van der Waals surface area contributed by atoms with E-state index < -0.39 is 26.1 Å². The van der Waals surface area contributed by atoms with Crippen LogP contribution in [0, 0.1) is 0 Å². The molecule has 0 heterocycles. The van der Waals surface area contributed by atoms with Gasteiger partial charge >= 0.3 is 12.2 Å². The van der Waals surface area contributed by atoms with Gasteiger partial charge in [0.25, 0.3) is 8.32 Å². The SMILES string of the molecule is CC(C)[Si](OC(=O)/N=N/C(=O)OC(C)(C)C)(C(C)C)C(C)C. The molecule has 0 atom stereocenters. The van der Waals surface area contributed by atoms with Crippen LogP contribution in [-0.4, -0.2) is 26.1 Å². The quantitative estimate of drug-likeness (QED) is 0.490. The minimum Gasteiger partial charge on any atom is -0.500 e. The Balaban J connectivity index is 5.04. The molecule has 0 aromatic rings. The average molecular weight is 331 g/mol. The Labute approximate surface area is 134 Å². The van der Waals surface area contributed by atoms with Crippen LogP contribution in [0.25, 0.3) is 0 Å². The number of nitrogens with zero attached hydrogens (tertiary/aromatic N) is 2. The van der Waals surface area contributed by atoms with E-state index in [1.165, 1.54) is 0 Å². The van der Waals surface area contributed by atoms with Crippen LogP contribution >= 0.6 is 0 Å². The molecule has 0 unspecified atom stereocenters. The summed E-state index contributed by atoms with van der Waals surface area (Å²) in [5.41, 5.74) is 0.0568. The van der Waals surface area contributed by atoms with Crippen LogP contribution in [0.15, 0.2) is 10.2 Å². The van der Waals surface area contributed by atoms with Crippen molar-refractivity contribution >= 4 is 20.5 Å². The van der Waals surface area contributed by atoms with Crippen molar-refractivity contribution in [2.75, 3.05) is 0 Å². The lowest BCUT2D eigenvalue weighted by atomic mass is 10.2. The number of ether oxygens (including phenoxy) is 1. The molecule has 0 aromatic carbocycles. The molecule has 2 amide bonds. The zero-order valence-corrected chi connectivity index (χ0v) is 16.3. The third-order valence-corrected chi connectivity index (χ3v) is 9.52. The summed E-state index contributed by atoms with van der Waals surface area (Å²) in [6, 6.07) is 0. The van der Waals surface area contributed by atoms with Gasteiger partial charge in [0, 0.05) is 0 Å². The van der Waals surface area contributed by atoms with Crippen LogP contribution in [0.2, 0.25) is 16.6 Å². The Bertz CT molecular complexity index is 404. The van der Waals surface area contributed by atoms with Crippen molar-refractivity contribution in [3.8, 4) is 0 Å². The van der Waals surface area contributed by atoms with Crippen molar-refractivity contribution < 1.29 is 18.8 Å². The van der Waals surface area contributed by atoms with E-state index in [0.717, 1.165) is 0 Å². The molecule has 0 aliphatic carbocycles. The van der Waals surface area contributed by atoms with E-state index in [1.807, 2.05) is 0 Å². The van der Waals surface area contributed by atoms with Gasteiger partial charge in [-0.25, -0.2) is 9.59 Å². The summed E-state index contributed by atoms with van der Waals surface area (Å²) in [6.45, 7) is 17.5. The molecule has 0 aliphatic heterocycles. The number of carbonyl (C=O) groups is 2. The normalized spacial score (nSPS) is 13.3. The van der Waals surface area contributed by atoms with E-state index in [2.05, 4.69) is 51.8 Å². The molecule has 0 aliphatic rings. The molecule has 0 N–H and O–H groups in total. The van der Waals surface area contributed by atoms with Gasteiger partial charge in [-0.05, 0) is 37.4 Å². The minimum absolute atomic E-state index is 0.244. The molecule has 0 aromatic heterocycles. The molecular weight excluding hydrogens is 300 g/mol. The monoisotopic (exact) mass is 330 g/mol. The Morgan fingerprint density at radius 1 is 0.818 bits per heavy atom. The highest BCUT2D eigenvalue weighted by Crippen LogP contribution is 2.42. The third kappa shape index (κ3) is 5.86. The lowest BCUT2D eigenvalue weighted by molar-refractivity contribution is 0.0588. The number of amides is 2. The Morgan fingerprint density at radius 2 is 1.18 bits per heavy atom. The van der Waals surface area contributed by atoms with Crippen molar-refractivity contribution in [2.24, 2.45) is 10.2 Å². The summed E-state index contributed by atoms with van der Waals surface area (Å²) in [4.78, 5) is 23.4. The van der Waals surface area contributed by atoms with Gasteiger partial charge < -0.3 is 9.16 Å². The molecule has 128 valence electrons. The smallest absolute Gasteiger partial charge is 0.453 e. The predicted octanol–water partition coefficient (Wildman–Crippen LogP) is 5.69. The van der Waals surface area contributed by atoms with Gasteiger partial charge in [0.05, 0.1) is 0 Å². The maximum atomic E-state index is 12.0. The van der Waals surface area contributed by atoms with Crippen LogP contribution in [-0.2, 0) is 9.16 Å². The number of carbonyl (C=O) groups excluding carboxylic acids is 2. The number of hydrogen-bond acceptors (Lipinski definition) is 4. The topological polar surface area (TPSA) is 77.3 Å². The first-order chi connectivity index (χ1) is 9.82. The van der Waals surface area contributed by atoms with E-state index in [0.29, 0.717) is 0 Å². The fourth-order valence-electron chi connectivity index (χ4n) is 2.89. The molecule has 0 saturated heterocycles. The first-order valence-corrected chi connectivity index (χ1v) is 9.84. The molecule has 7 heteroatoms. The molecule has 0 bridgehead atoms. The van der Waals surface area contributed by atoms with E-state index in [4.69, 9.17) is 9.16 Å². The third-order valence-electron chi connectivity index (χ3n) is 3.58. The van der Waals surface area contributed by atoms with E-state index in [9.17, 15) is 9.59 Å². The summed E-state index contributed by atoms with van der Waals surface area (Å²) < 4.78 is 10.7. The van der Waals surface area contributed by atoms with Crippen LogP contribution in [0.5, 0.6) is 0 Å². The summed E-state index contributed by atoms with van der Waals surface area (Å²) in [7, 11) is -2.36. The molecule has 0 rings (SSSR count). The molecule has 0 radical (unpaired) electrons. The molecule has 0 saturated carbocycles. The van der Waals surface area contributed by atoms with Gasteiger partial charge in [0.1, 0.15) is 5.60 Å². The first kappa shape index (κ1) is 20.8. The summed E-state index contributed by atoms with van der Waals surface area (Å²) >= 11 is 0. The second kappa shape index (κ2) is 7.85. The lowest BCUT2D eigenvalue weighted by Crippen LogP contribution is -2.48. The van der Waals surface area contributed by atoms with E-state index >= 15 is 0 Å². The molecule has 6 nitrogen and oxygen atoms in total. The summed E-state index contributed by atoms with van der Waals surface area (Å²) in [6.07, 6.45) is -1.70. The van der Waals surface area contributed by atoms with Gasteiger partial charge in [-0.15, -0.1) is 0 Å². The Kier molecular flexibility index (Phi) is 7.41. The van der Waals surface area contributed by atoms with Crippen LogP contribution in [0.4, 0.5) is 9.59 Å².